The summed E-state index contributed by atoms with van der Waals surface area (Å²) in [6.45, 7) is 2.83. The van der Waals surface area contributed by atoms with Crippen LogP contribution in [0.1, 0.15) is 23.2 Å². The summed E-state index contributed by atoms with van der Waals surface area (Å²) in [7, 11) is 1.63. The molecule has 0 spiro atoms. The molecule has 3 N–H and O–H groups in total. The van der Waals surface area contributed by atoms with E-state index in [1.165, 1.54) is 6.42 Å². The highest BCUT2D eigenvalue weighted by atomic mass is 35.5. The predicted molar refractivity (Wildman–Crippen MR) is 95.8 cm³/mol. The van der Waals surface area contributed by atoms with Crippen LogP contribution in [0.2, 0.25) is 0 Å². The van der Waals surface area contributed by atoms with Gasteiger partial charge in [0, 0.05) is 12.1 Å². The number of carbonyl (C=O) groups excluding carboxylic acids is 1. The fourth-order valence-electron chi connectivity index (χ4n) is 2.88. The highest BCUT2D eigenvalue weighted by molar-refractivity contribution is 5.99. The van der Waals surface area contributed by atoms with Crippen LogP contribution in [0.25, 0.3) is 11.3 Å². The standard InChI is InChI=1S/C17H22N4O2.ClH/c1-23-14-4-2-13(3-5-14)16-15(11-20-21-16)17(22)19-9-7-12-6-8-18-10-12;/h2-5,11-12,18H,6-10H2,1H3,(H,19,22)(H,20,21);1H. The Morgan fingerprint density at radius 3 is 2.83 bits per heavy atom. The van der Waals surface area contributed by atoms with Crippen molar-refractivity contribution >= 4 is 18.3 Å². The number of halogens is 1. The Hall–Kier alpha value is -2.05. The summed E-state index contributed by atoms with van der Waals surface area (Å²) in [5, 5.41) is 13.3. The molecule has 130 valence electrons. The van der Waals surface area contributed by atoms with Gasteiger partial charge in [-0.2, -0.15) is 5.10 Å². The van der Waals surface area contributed by atoms with Gasteiger partial charge < -0.3 is 15.4 Å². The molecule has 2 aromatic rings. The molecule has 1 amide bonds. The molecule has 1 unspecified atom stereocenters. The lowest BCUT2D eigenvalue weighted by atomic mass is 10.0. The normalized spacial score (nSPS) is 16.5. The van der Waals surface area contributed by atoms with Crippen LogP contribution in [0, 0.1) is 5.92 Å². The third-order valence-electron chi connectivity index (χ3n) is 4.26. The van der Waals surface area contributed by atoms with E-state index < -0.39 is 0 Å². The fraction of sp³-hybridized carbons (Fsp3) is 0.412. The first kappa shape index (κ1) is 18.3. The second-order valence-electron chi connectivity index (χ2n) is 5.79. The van der Waals surface area contributed by atoms with Gasteiger partial charge >= 0.3 is 0 Å². The van der Waals surface area contributed by atoms with Gasteiger partial charge in [-0.1, -0.05) is 0 Å². The average molecular weight is 351 g/mol. The quantitative estimate of drug-likeness (QED) is 0.746. The van der Waals surface area contributed by atoms with E-state index in [1.54, 1.807) is 13.3 Å². The first-order chi connectivity index (χ1) is 11.3. The predicted octanol–water partition coefficient (Wildman–Crippen LogP) is 2.24. The lowest BCUT2D eigenvalue weighted by molar-refractivity contribution is 0.0952. The minimum absolute atomic E-state index is 0. The van der Waals surface area contributed by atoms with Gasteiger partial charge in [0.1, 0.15) is 5.75 Å². The van der Waals surface area contributed by atoms with Crippen LogP contribution in [0.4, 0.5) is 0 Å². The zero-order chi connectivity index (χ0) is 16.1. The number of nitrogens with zero attached hydrogens (tertiary/aromatic N) is 1. The van der Waals surface area contributed by atoms with E-state index >= 15 is 0 Å². The lowest BCUT2D eigenvalue weighted by Gasteiger charge is -2.09. The van der Waals surface area contributed by atoms with Gasteiger partial charge in [0.2, 0.25) is 0 Å². The van der Waals surface area contributed by atoms with Crippen LogP contribution in [0.15, 0.2) is 30.5 Å². The zero-order valence-corrected chi connectivity index (χ0v) is 14.5. The molecule has 24 heavy (non-hydrogen) atoms. The number of hydrogen-bond donors (Lipinski definition) is 3. The van der Waals surface area contributed by atoms with Crippen molar-refractivity contribution in [3.05, 3.63) is 36.0 Å². The van der Waals surface area contributed by atoms with Crippen LogP contribution in [0.3, 0.4) is 0 Å². The second-order valence-corrected chi connectivity index (χ2v) is 5.79. The molecule has 7 heteroatoms. The van der Waals surface area contributed by atoms with E-state index in [9.17, 15) is 4.79 Å². The molecule has 0 saturated carbocycles. The summed E-state index contributed by atoms with van der Waals surface area (Å²) >= 11 is 0. The number of methoxy groups -OCH3 is 1. The van der Waals surface area contributed by atoms with E-state index in [-0.39, 0.29) is 18.3 Å². The molecule has 1 atom stereocenters. The Kier molecular flexibility index (Phi) is 6.63. The maximum absolute atomic E-state index is 12.4. The number of ether oxygens (including phenoxy) is 1. The lowest BCUT2D eigenvalue weighted by Crippen LogP contribution is -2.26. The summed E-state index contributed by atoms with van der Waals surface area (Å²) in [5.41, 5.74) is 2.21. The van der Waals surface area contributed by atoms with Crippen LogP contribution in [-0.4, -0.2) is 42.8 Å². The number of aromatic amines is 1. The van der Waals surface area contributed by atoms with Crippen molar-refractivity contribution in [3.63, 3.8) is 0 Å². The van der Waals surface area contributed by atoms with Crippen LogP contribution < -0.4 is 15.4 Å². The monoisotopic (exact) mass is 350 g/mol. The summed E-state index contributed by atoms with van der Waals surface area (Å²) in [4.78, 5) is 12.4. The van der Waals surface area contributed by atoms with E-state index in [0.29, 0.717) is 18.0 Å². The Labute approximate surface area is 147 Å². The molecule has 1 aliphatic rings. The minimum atomic E-state index is -0.0875. The molecule has 1 aromatic carbocycles. The molecule has 0 radical (unpaired) electrons. The van der Waals surface area contributed by atoms with Gasteiger partial charge in [0.15, 0.2) is 0 Å². The minimum Gasteiger partial charge on any atom is -0.497 e. The molecular formula is C17H23ClN4O2. The van der Waals surface area contributed by atoms with Gasteiger partial charge in [0.25, 0.3) is 5.91 Å². The zero-order valence-electron chi connectivity index (χ0n) is 13.7. The van der Waals surface area contributed by atoms with Crippen LogP contribution in [-0.2, 0) is 0 Å². The van der Waals surface area contributed by atoms with Gasteiger partial charge in [-0.05, 0) is 56.1 Å². The van der Waals surface area contributed by atoms with E-state index in [2.05, 4.69) is 20.8 Å². The van der Waals surface area contributed by atoms with E-state index in [4.69, 9.17) is 4.74 Å². The number of carbonyl (C=O) groups is 1. The Morgan fingerprint density at radius 2 is 2.17 bits per heavy atom. The fourth-order valence-corrected chi connectivity index (χ4v) is 2.88. The Morgan fingerprint density at radius 1 is 1.38 bits per heavy atom. The molecule has 1 aromatic heterocycles. The van der Waals surface area contributed by atoms with Crippen molar-refractivity contribution in [2.45, 2.75) is 12.8 Å². The third-order valence-corrected chi connectivity index (χ3v) is 4.26. The number of nitrogens with one attached hydrogen (secondary N) is 3. The number of aromatic nitrogens is 2. The molecule has 0 aliphatic carbocycles. The third kappa shape index (κ3) is 4.27. The maximum atomic E-state index is 12.4. The Bertz CT molecular complexity index is 651. The number of benzene rings is 1. The second kappa shape index (κ2) is 8.70. The summed E-state index contributed by atoms with van der Waals surface area (Å²) in [6.07, 6.45) is 3.78. The maximum Gasteiger partial charge on any atom is 0.255 e. The first-order valence-corrected chi connectivity index (χ1v) is 7.94. The smallest absolute Gasteiger partial charge is 0.255 e. The summed E-state index contributed by atoms with van der Waals surface area (Å²) in [6, 6.07) is 7.55. The summed E-state index contributed by atoms with van der Waals surface area (Å²) < 4.78 is 5.16. The molecule has 1 fully saturated rings. The number of amides is 1. The van der Waals surface area contributed by atoms with Crippen molar-refractivity contribution in [2.24, 2.45) is 5.92 Å². The largest absolute Gasteiger partial charge is 0.497 e. The number of rotatable bonds is 6. The van der Waals surface area contributed by atoms with Crippen LogP contribution >= 0.6 is 12.4 Å². The molecule has 3 rings (SSSR count). The molecule has 1 saturated heterocycles. The van der Waals surface area contributed by atoms with Gasteiger partial charge in [-0.15, -0.1) is 12.4 Å². The first-order valence-electron chi connectivity index (χ1n) is 7.94. The highest BCUT2D eigenvalue weighted by Crippen LogP contribution is 2.23. The number of hydrogen-bond acceptors (Lipinski definition) is 4. The van der Waals surface area contributed by atoms with Crippen molar-refractivity contribution < 1.29 is 9.53 Å². The molecule has 0 bridgehead atoms. The van der Waals surface area contributed by atoms with Crippen molar-refractivity contribution in [1.29, 1.82) is 0 Å². The van der Waals surface area contributed by atoms with Crippen molar-refractivity contribution in [1.82, 2.24) is 20.8 Å². The highest BCUT2D eigenvalue weighted by Gasteiger charge is 2.17. The van der Waals surface area contributed by atoms with Crippen molar-refractivity contribution in [2.75, 3.05) is 26.7 Å². The molecule has 2 heterocycles. The Balaban J connectivity index is 0.00000208. The van der Waals surface area contributed by atoms with Gasteiger partial charge in [-0.3, -0.25) is 9.89 Å². The molecule has 6 nitrogen and oxygen atoms in total. The summed E-state index contributed by atoms with van der Waals surface area (Å²) in [5.74, 6) is 1.36. The van der Waals surface area contributed by atoms with Crippen molar-refractivity contribution in [3.8, 4) is 17.0 Å². The topological polar surface area (TPSA) is 79.0 Å². The van der Waals surface area contributed by atoms with Gasteiger partial charge in [0.05, 0.1) is 24.6 Å². The molecule has 1 aliphatic heterocycles. The average Bonchev–Trinajstić information content (AvgIpc) is 3.26. The SMILES string of the molecule is COc1ccc(-c2[nH]ncc2C(=O)NCCC2CCNC2)cc1.Cl. The van der Waals surface area contributed by atoms with Gasteiger partial charge in [-0.25, -0.2) is 0 Å². The number of H-pyrrole nitrogens is 1. The molecular weight excluding hydrogens is 328 g/mol. The van der Waals surface area contributed by atoms with Crippen LogP contribution in [0.5, 0.6) is 5.75 Å². The van der Waals surface area contributed by atoms with E-state index in [1.807, 2.05) is 24.3 Å². The van der Waals surface area contributed by atoms with E-state index in [0.717, 1.165) is 36.5 Å².